The van der Waals surface area contributed by atoms with Gasteiger partial charge in [0, 0.05) is 13.0 Å². The first-order valence-electron chi connectivity index (χ1n) is 6.69. The number of nitrogens with zero attached hydrogens (tertiary/aromatic N) is 2. The van der Waals surface area contributed by atoms with E-state index in [0.717, 1.165) is 0 Å². The van der Waals surface area contributed by atoms with Crippen LogP contribution >= 0.6 is 0 Å². The summed E-state index contributed by atoms with van der Waals surface area (Å²) in [5.41, 5.74) is 0. The van der Waals surface area contributed by atoms with Crippen LogP contribution in [0.25, 0.3) is 0 Å². The molecule has 1 aromatic rings. The van der Waals surface area contributed by atoms with Crippen molar-refractivity contribution in [2.24, 2.45) is 5.92 Å². The number of hydrogen-bond acceptors (Lipinski definition) is 6. The van der Waals surface area contributed by atoms with Gasteiger partial charge in [-0.05, 0) is 12.8 Å². The normalized spacial score (nSPS) is 21.9. The van der Waals surface area contributed by atoms with Crippen LogP contribution in [0.4, 0.5) is 0 Å². The Hall–Kier alpha value is -1.27. The average Bonchev–Trinajstić information content (AvgIpc) is 2.85. The number of ether oxygens (including phenoxy) is 2. The molecule has 0 aliphatic carbocycles. The quantitative estimate of drug-likeness (QED) is 0.811. The third-order valence-corrected chi connectivity index (χ3v) is 3.13. The number of Topliss-reactive ketones (excluding diaryl/α,β-unsaturated/α-hetero) is 1. The van der Waals surface area contributed by atoms with Gasteiger partial charge in [-0.3, -0.25) is 4.79 Å². The largest absolute Gasteiger partial charge is 0.380 e. The van der Waals surface area contributed by atoms with E-state index in [2.05, 4.69) is 10.1 Å². The van der Waals surface area contributed by atoms with Gasteiger partial charge in [-0.15, -0.1) is 0 Å². The third-order valence-electron chi connectivity index (χ3n) is 3.13. The second-order valence-electron chi connectivity index (χ2n) is 4.95. The molecule has 1 aliphatic heterocycles. The molecule has 0 bridgehead atoms. The molecule has 2 unspecified atom stereocenters. The van der Waals surface area contributed by atoms with Crippen molar-refractivity contribution >= 4 is 5.78 Å². The summed E-state index contributed by atoms with van der Waals surface area (Å²) in [4.78, 5) is 16.1. The van der Waals surface area contributed by atoms with Gasteiger partial charge >= 0.3 is 0 Å². The van der Waals surface area contributed by atoms with Crippen LogP contribution < -0.4 is 0 Å². The van der Waals surface area contributed by atoms with Crippen molar-refractivity contribution in [2.75, 3.05) is 19.8 Å². The zero-order chi connectivity index (χ0) is 13.8. The molecule has 0 amide bonds. The van der Waals surface area contributed by atoms with Gasteiger partial charge in [-0.25, -0.2) is 0 Å². The maximum Gasteiger partial charge on any atom is 0.239 e. The Morgan fingerprint density at radius 2 is 2.26 bits per heavy atom. The summed E-state index contributed by atoms with van der Waals surface area (Å²) in [6.07, 6.45) is 0.198. The van der Waals surface area contributed by atoms with Gasteiger partial charge in [0.1, 0.15) is 17.8 Å². The Morgan fingerprint density at radius 3 is 2.89 bits per heavy atom. The van der Waals surface area contributed by atoms with E-state index in [1.807, 2.05) is 20.8 Å². The van der Waals surface area contributed by atoms with Gasteiger partial charge in [0.15, 0.2) is 0 Å². The SMILES string of the molecule is CCOC(c1noc(C2COCCC2=O)n1)C(C)C. The van der Waals surface area contributed by atoms with Crippen LogP contribution in [-0.4, -0.2) is 35.7 Å². The number of hydrogen-bond donors (Lipinski definition) is 0. The Bertz CT molecular complexity index is 430. The number of ketones is 1. The summed E-state index contributed by atoms with van der Waals surface area (Å²) in [5.74, 6) is 0.752. The Balaban J connectivity index is 2.15. The number of aromatic nitrogens is 2. The molecule has 1 saturated heterocycles. The van der Waals surface area contributed by atoms with E-state index < -0.39 is 5.92 Å². The van der Waals surface area contributed by atoms with E-state index in [1.54, 1.807) is 0 Å². The van der Waals surface area contributed by atoms with Gasteiger partial charge < -0.3 is 14.0 Å². The molecule has 0 saturated carbocycles. The van der Waals surface area contributed by atoms with E-state index in [-0.39, 0.29) is 17.8 Å². The van der Waals surface area contributed by atoms with Gasteiger partial charge in [-0.1, -0.05) is 19.0 Å². The molecule has 0 N–H and O–H groups in total. The Labute approximate surface area is 112 Å². The first-order valence-corrected chi connectivity index (χ1v) is 6.69. The highest BCUT2D eigenvalue weighted by Gasteiger charge is 2.31. The lowest BCUT2D eigenvalue weighted by Gasteiger charge is -2.18. The van der Waals surface area contributed by atoms with Crippen molar-refractivity contribution in [1.82, 2.24) is 10.1 Å². The maximum atomic E-state index is 11.8. The zero-order valence-electron chi connectivity index (χ0n) is 11.6. The van der Waals surface area contributed by atoms with E-state index >= 15 is 0 Å². The van der Waals surface area contributed by atoms with Crippen LogP contribution in [0.1, 0.15) is 50.9 Å². The van der Waals surface area contributed by atoms with Crippen molar-refractivity contribution in [2.45, 2.75) is 39.2 Å². The lowest BCUT2D eigenvalue weighted by Crippen LogP contribution is -2.26. The van der Waals surface area contributed by atoms with Gasteiger partial charge in [-0.2, -0.15) is 4.98 Å². The van der Waals surface area contributed by atoms with Crippen molar-refractivity contribution in [3.63, 3.8) is 0 Å². The smallest absolute Gasteiger partial charge is 0.239 e. The molecule has 1 fully saturated rings. The number of rotatable bonds is 5. The summed E-state index contributed by atoms with van der Waals surface area (Å²) in [7, 11) is 0. The van der Waals surface area contributed by atoms with Crippen molar-refractivity contribution < 1.29 is 18.8 Å². The van der Waals surface area contributed by atoms with Crippen LogP contribution in [0.3, 0.4) is 0 Å². The summed E-state index contributed by atoms with van der Waals surface area (Å²) >= 11 is 0. The highest BCUT2D eigenvalue weighted by Crippen LogP contribution is 2.26. The molecular weight excluding hydrogens is 248 g/mol. The Morgan fingerprint density at radius 1 is 1.47 bits per heavy atom. The summed E-state index contributed by atoms with van der Waals surface area (Å²) in [6, 6.07) is 0. The maximum absolute atomic E-state index is 11.8. The van der Waals surface area contributed by atoms with Gasteiger partial charge in [0.25, 0.3) is 0 Å². The lowest BCUT2D eigenvalue weighted by molar-refractivity contribution is -0.127. The first-order chi connectivity index (χ1) is 9.13. The molecule has 19 heavy (non-hydrogen) atoms. The Kier molecular flexibility index (Phi) is 4.66. The molecule has 0 spiro atoms. The monoisotopic (exact) mass is 268 g/mol. The molecule has 0 radical (unpaired) electrons. The van der Waals surface area contributed by atoms with Crippen LogP contribution in [0.5, 0.6) is 0 Å². The minimum absolute atomic E-state index is 0.0963. The molecule has 2 rings (SSSR count). The fourth-order valence-corrected chi connectivity index (χ4v) is 2.10. The van der Waals surface area contributed by atoms with Crippen LogP contribution in [0.15, 0.2) is 4.52 Å². The molecule has 1 aliphatic rings. The van der Waals surface area contributed by atoms with Crippen LogP contribution in [-0.2, 0) is 14.3 Å². The molecule has 1 aromatic heterocycles. The number of carbonyl (C=O) groups excluding carboxylic acids is 1. The third kappa shape index (κ3) is 3.19. The van der Waals surface area contributed by atoms with E-state index in [4.69, 9.17) is 14.0 Å². The van der Waals surface area contributed by atoms with E-state index in [9.17, 15) is 4.79 Å². The topological polar surface area (TPSA) is 74.5 Å². The van der Waals surface area contributed by atoms with E-state index in [1.165, 1.54) is 0 Å². The molecular formula is C13H20N2O4. The highest BCUT2D eigenvalue weighted by atomic mass is 16.5. The molecule has 6 nitrogen and oxygen atoms in total. The minimum atomic E-state index is -0.426. The van der Waals surface area contributed by atoms with E-state index in [0.29, 0.717) is 38.0 Å². The van der Waals surface area contributed by atoms with Crippen molar-refractivity contribution in [1.29, 1.82) is 0 Å². The number of carbonyl (C=O) groups is 1. The standard InChI is InChI=1S/C13H20N2O4/c1-4-18-11(8(2)3)12-14-13(19-15-12)9-7-17-6-5-10(9)16/h8-9,11H,4-7H2,1-3H3. The molecule has 6 heteroatoms. The summed E-state index contributed by atoms with van der Waals surface area (Å²) in [5, 5.41) is 3.95. The summed E-state index contributed by atoms with van der Waals surface area (Å²) < 4.78 is 16.1. The van der Waals surface area contributed by atoms with Crippen LogP contribution in [0, 0.1) is 5.92 Å². The lowest BCUT2D eigenvalue weighted by atomic mass is 10.0. The second-order valence-corrected chi connectivity index (χ2v) is 4.95. The van der Waals surface area contributed by atoms with Crippen molar-refractivity contribution in [3.05, 3.63) is 11.7 Å². The van der Waals surface area contributed by atoms with Crippen LogP contribution in [0.2, 0.25) is 0 Å². The highest BCUT2D eigenvalue weighted by molar-refractivity contribution is 5.85. The fourth-order valence-electron chi connectivity index (χ4n) is 2.10. The zero-order valence-corrected chi connectivity index (χ0v) is 11.6. The predicted octanol–water partition coefficient (Wildman–Crippen LogP) is 1.88. The molecule has 0 aromatic carbocycles. The predicted molar refractivity (Wildman–Crippen MR) is 66.7 cm³/mol. The van der Waals surface area contributed by atoms with Crippen molar-refractivity contribution in [3.8, 4) is 0 Å². The average molecular weight is 268 g/mol. The molecule has 2 atom stereocenters. The van der Waals surface area contributed by atoms with Gasteiger partial charge in [0.05, 0.1) is 13.2 Å². The summed E-state index contributed by atoms with van der Waals surface area (Å²) in [6.45, 7) is 7.37. The minimum Gasteiger partial charge on any atom is -0.380 e. The molecule has 2 heterocycles. The van der Waals surface area contributed by atoms with Gasteiger partial charge in [0.2, 0.25) is 11.7 Å². The fraction of sp³-hybridized carbons (Fsp3) is 0.769. The second kappa shape index (κ2) is 6.25. The first kappa shape index (κ1) is 14.1. The molecule has 106 valence electrons.